The molecule has 0 aliphatic carbocycles. The quantitative estimate of drug-likeness (QED) is 0.289. The standard InChI is InChI=1S/C28H21ClN4O/c1-33(2)18-7-5-6-16(14-18)17-10-11-19-22(15-17)24-21(12-13-30-28(24)34)26-25(19)31-27(32-26)20-8-3-4-9-23(20)29/h3-15H,1-2H3,(H,30,34)(H,31,32). The van der Waals surface area contributed by atoms with Crippen LogP contribution in [0.25, 0.3) is 55.1 Å². The van der Waals surface area contributed by atoms with Gasteiger partial charge in [-0.1, -0.05) is 48.0 Å². The van der Waals surface area contributed by atoms with Crippen LogP contribution < -0.4 is 10.5 Å². The molecule has 0 bridgehead atoms. The van der Waals surface area contributed by atoms with Crippen LogP contribution in [0.15, 0.2) is 83.8 Å². The van der Waals surface area contributed by atoms with E-state index >= 15 is 0 Å². The van der Waals surface area contributed by atoms with Crippen molar-refractivity contribution in [3.8, 4) is 22.5 Å². The lowest BCUT2D eigenvalue weighted by Gasteiger charge is -2.14. The molecule has 2 N–H and O–H groups in total. The first-order chi connectivity index (χ1) is 16.5. The van der Waals surface area contributed by atoms with Crippen molar-refractivity contribution >= 4 is 49.9 Å². The monoisotopic (exact) mass is 464 g/mol. The van der Waals surface area contributed by atoms with Crippen LogP contribution in [0.3, 0.4) is 0 Å². The van der Waals surface area contributed by atoms with Gasteiger partial charge in [0.1, 0.15) is 5.82 Å². The second kappa shape index (κ2) is 7.75. The number of hydrogen-bond acceptors (Lipinski definition) is 3. The molecule has 4 aromatic carbocycles. The zero-order valence-electron chi connectivity index (χ0n) is 18.7. The molecule has 0 unspecified atom stereocenters. The molecule has 6 aromatic rings. The van der Waals surface area contributed by atoms with Gasteiger partial charge < -0.3 is 14.9 Å². The molecule has 5 nitrogen and oxygen atoms in total. The van der Waals surface area contributed by atoms with Crippen LogP contribution in [0.5, 0.6) is 0 Å². The Hall–Kier alpha value is -4.09. The van der Waals surface area contributed by atoms with E-state index < -0.39 is 0 Å². The molecule has 0 fully saturated rings. The van der Waals surface area contributed by atoms with Gasteiger partial charge in [0.25, 0.3) is 5.56 Å². The zero-order chi connectivity index (χ0) is 23.4. The molecule has 34 heavy (non-hydrogen) atoms. The van der Waals surface area contributed by atoms with Crippen molar-refractivity contribution in [3.63, 3.8) is 0 Å². The minimum Gasteiger partial charge on any atom is -0.378 e. The zero-order valence-corrected chi connectivity index (χ0v) is 19.4. The van der Waals surface area contributed by atoms with Gasteiger partial charge in [0.2, 0.25) is 0 Å². The van der Waals surface area contributed by atoms with E-state index in [0.29, 0.717) is 16.2 Å². The first kappa shape index (κ1) is 20.5. The van der Waals surface area contributed by atoms with Crippen molar-refractivity contribution in [2.24, 2.45) is 0 Å². The fraction of sp³-hybridized carbons (Fsp3) is 0.0714. The average molecular weight is 465 g/mol. The van der Waals surface area contributed by atoms with E-state index in [-0.39, 0.29) is 5.56 Å². The van der Waals surface area contributed by atoms with Crippen molar-refractivity contribution in [3.05, 3.63) is 94.4 Å². The Labute approximate surface area is 200 Å². The highest BCUT2D eigenvalue weighted by atomic mass is 35.5. The van der Waals surface area contributed by atoms with Crippen LogP contribution in [-0.4, -0.2) is 29.0 Å². The van der Waals surface area contributed by atoms with E-state index in [2.05, 4.69) is 51.3 Å². The number of H-pyrrole nitrogens is 2. The number of halogens is 1. The smallest absolute Gasteiger partial charge is 0.256 e. The lowest BCUT2D eigenvalue weighted by atomic mass is 9.96. The summed E-state index contributed by atoms with van der Waals surface area (Å²) < 4.78 is 0. The maximum atomic E-state index is 13.0. The molecule has 0 atom stereocenters. The number of rotatable bonds is 3. The highest BCUT2D eigenvalue weighted by Gasteiger charge is 2.17. The second-order valence-electron chi connectivity index (χ2n) is 8.59. The number of pyridine rings is 1. The number of aromatic nitrogens is 3. The van der Waals surface area contributed by atoms with Crippen molar-refractivity contribution in [1.82, 2.24) is 15.0 Å². The van der Waals surface area contributed by atoms with Gasteiger partial charge in [0.05, 0.1) is 21.4 Å². The number of aromatic amines is 2. The number of fused-ring (bicyclic) bond motifs is 6. The molecular formula is C28H21ClN4O. The Morgan fingerprint density at radius 2 is 1.68 bits per heavy atom. The Bertz CT molecular complexity index is 1780. The van der Waals surface area contributed by atoms with E-state index in [1.807, 2.05) is 50.5 Å². The first-order valence-electron chi connectivity index (χ1n) is 11.0. The summed E-state index contributed by atoms with van der Waals surface area (Å²) in [7, 11) is 4.05. The number of anilines is 1. The van der Waals surface area contributed by atoms with Gasteiger partial charge in [-0.3, -0.25) is 4.79 Å². The van der Waals surface area contributed by atoms with Crippen molar-refractivity contribution < 1.29 is 0 Å². The van der Waals surface area contributed by atoms with E-state index in [1.54, 1.807) is 6.20 Å². The number of imidazole rings is 1. The summed E-state index contributed by atoms with van der Waals surface area (Å²) in [6, 6.07) is 24.1. The van der Waals surface area contributed by atoms with Gasteiger partial charge in [-0.15, -0.1) is 0 Å². The number of nitrogens with zero attached hydrogens (tertiary/aromatic N) is 2. The topological polar surface area (TPSA) is 64.8 Å². The molecule has 6 rings (SSSR count). The number of nitrogens with one attached hydrogen (secondary N) is 2. The predicted octanol–water partition coefficient (Wildman–Crippen LogP) is 6.61. The number of hydrogen-bond donors (Lipinski definition) is 2. The second-order valence-corrected chi connectivity index (χ2v) is 9.00. The van der Waals surface area contributed by atoms with E-state index in [9.17, 15) is 4.79 Å². The highest BCUT2D eigenvalue weighted by molar-refractivity contribution is 6.33. The van der Waals surface area contributed by atoms with Gasteiger partial charge >= 0.3 is 0 Å². The third-order valence-corrected chi connectivity index (χ3v) is 6.63. The summed E-state index contributed by atoms with van der Waals surface area (Å²) in [5.74, 6) is 0.678. The van der Waals surface area contributed by atoms with Crippen molar-refractivity contribution in [2.45, 2.75) is 0 Å². The molecule has 0 aliphatic rings. The van der Waals surface area contributed by atoms with Crippen molar-refractivity contribution in [2.75, 3.05) is 19.0 Å². The van der Waals surface area contributed by atoms with Crippen LogP contribution in [0, 0.1) is 0 Å². The summed E-state index contributed by atoms with van der Waals surface area (Å²) >= 11 is 6.45. The summed E-state index contributed by atoms with van der Waals surface area (Å²) in [5.41, 5.74) is 5.59. The Balaban J connectivity index is 1.69. The molecule has 0 aliphatic heterocycles. The minimum atomic E-state index is -0.127. The molecule has 166 valence electrons. The maximum absolute atomic E-state index is 13.0. The summed E-state index contributed by atoms with van der Waals surface area (Å²) in [5, 5.41) is 3.88. The van der Waals surface area contributed by atoms with Gasteiger partial charge in [0, 0.05) is 42.3 Å². The Morgan fingerprint density at radius 3 is 2.50 bits per heavy atom. The van der Waals surface area contributed by atoms with E-state index in [1.165, 1.54) is 0 Å². The molecule has 0 radical (unpaired) electrons. The predicted molar refractivity (Wildman–Crippen MR) is 142 cm³/mol. The molecule has 0 saturated heterocycles. The SMILES string of the molecule is CN(C)c1cccc(-c2ccc3c(c2)c2c(=O)[nH]ccc2c2[nH]c(-c4ccccc4Cl)nc32)c1. The highest BCUT2D eigenvalue weighted by Crippen LogP contribution is 2.37. The van der Waals surface area contributed by atoms with Gasteiger partial charge in [-0.2, -0.15) is 0 Å². The maximum Gasteiger partial charge on any atom is 0.256 e. The average Bonchev–Trinajstić information content (AvgIpc) is 3.30. The summed E-state index contributed by atoms with van der Waals surface area (Å²) in [4.78, 5) is 26.3. The lowest BCUT2D eigenvalue weighted by molar-refractivity contribution is 1.13. The molecule has 0 spiro atoms. The number of benzene rings is 4. The molecule has 2 heterocycles. The third-order valence-electron chi connectivity index (χ3n) is 6.30. The molecule has 2 aromatic heterocycles. The minimum absolute atomic E-state index is 0.127. The van der Waals surface area contributed by atoms with Crippen LogP contribution in [0.1, 0.15) is 0 Å². The molecular weight excluding hydrogens is 444 g/mol. The van der Waals surface area contributed by atoms with Crippen molar-refractivity contribution in [1.29, 1.82) is 0 Å². The van der Waals surface area contributed by atoms with Gasteiger partial charge in [-0.25, -0.2) is 4.98 Å². The molecule has 0 saturated carbocycles. The fourth-order valence-electron chi connectivity index (χ4n) is 4.60. The lowest BCUT2D eigenvalue weighted by Crippen LogP contribution is -2.08. The Morgan fingerprint density at radius 1 is 0.853 bits per heavy atom. The third kappa shape index (κ3) is 3.17. The fourth-order valence-corrected chi connectivity index (χ4v) is 4.82. The molecule has 0 amide bonds. The summed E-state index contributed by atoms with van der Waals surface area (Å²) in [6.45, 7) is 0. The van der Waals surface area contributed by atoms with Crippen LogP contribution in [0.2, 0.25) is 5.02 Å². The van der Waals surface area contributed by atoms with E-state index in [4.69, 9.17) is 16.6 Å². The van der Waals surface area contributed by atoms with E-state index in [0.717, 1.165) is 49.6 Å². The molecule has 6 heteroatoms. The van der Waals surface area contributed by atoms with Gasteiger partial charge in [0.15, 0.2) is 0 Å². The largest absolute Gasteiger partial charge is 0.378 e. The van der Waals surface area contributed by atoms with Gasteiger partial charge in [-0.05, 0) is 52.9 Å². The Kier molecular flexibility index (Phi) is 4.67. The first-order valence-corrected chi connectivity index (χ1v) is 11.4. The van der Waals surface area contributed by atoms with Crippen LogP contribution >= 0.6 is 11.6 Å². The van der Waals surface area contributed by atoms with Crippen LogP contribution in [-0.2, 0) is 0 Å². The van der Waals surface area contributed by atoms with Crippen LogP contribution in [0.4, 0.5) is 5.69 Å². The summed E-state index contributed by atoms with van der Waals surface area (Å²) in [6.07, 6.45) is 1.68. The normalized spacial score (nSPS) is 11.5.